The molecule has 82 valence electrons. The summed E-state index contributed by atoms with van der Waals surface area (Å²) in [6, 6.07) is 9.77. The predicted molar refractivity (Wildman–Crippen MR) is 69.6 cm³/mol. The third-order valence-electron chi connectivity index (χ3n) is 1.95. The van der Waals surface area contributed by atoms with Gasteiger partial charge in [-0.1, -0.05) is 28.1 Å². The highest BCUT2D eigenvalue weighted by atomic mass is 79.9. The fourth-order valence-corrected chi connectivity index (χ4v) is 2.24. The van der Waals surface area contributed by atoms with Crippen molar-refractivity contribution in [2.24, 2.45) is 0 Å². The number of benzene rings is 1. The molecule has 1 heterocycles. The lowest BCUT2D eigenvalue weighted by molar-refractivity contribution is -0.114. The van der Waals surface area contributed by atoms with Gasteiger partial charge in [-0.15, -0.1) is 0 Å². The van der Waals surface area contributed by atoms with E-state index in [4.69, 9.17) is 0 Å². The van der Waals surface area contributed by atoms with Gasteiger partial charge in [0.1, 0.15) is 5.00 Å². The minimum Gasteiger partial charge on any atom is -0.317 e. The fourth-order valence-electron chi connectivity index (χ4n) is 1.26. The van der Waals surface area contributed by atoms with Crippen LogP contribution in [0.15, 0.2) is 34.8 Å². The Labute approximate surface area is 106 Å². The molecule has 0 unspecified atom stereocenters. The quantitative estimate of drug-likeness (QED) is 0.921. The topological polar surface area (TPSA) is 42.0 Å². The van der Waals surface area contributed by atoms with Gasteiger partial charge in [-0.05, 0) is 23.7 Å². The first-order valence-electron chi connectivity index (χ1n) is 4.65. The number of hydrogen-bond acceptors (Lipinski definition) is 3. The van der Waals surface area contributed by atoms with Crippen molar-refractivity contribution >= 4 is 38.4 Å². The van der Waals surface area contributed by atoms with Crippen molar-refractivity contribution in [3.8, 4) is 11.3 Å². The number of rotatable bonds is 2. The number of amides is 1. The van der Waals surface area contributed by atoms with Gasteiger partial charge in [-0.2, -0.15) is 4.37 Å². The van der Waals surface area contributed by atoms with Gasteiger partial charge in [-0.25, -0.2) is 0 Å². The third-order valence-corrected chi connectivity index (χ3v) is 3.18. The Morgan fingerprint density at radius 2 is 2.06 bits per heavy atom. The van der Waals surface area contributed by atoms with E-state index in [1.165, 1.54) is 18.5 Å². The minimum absolute atomic E-state index is 0.0778. The summed E-state index contributed by atoms with van der Waals surface area (Å²) < 4.78 is 5.32. The van der Waals surface area contributed by atoms with Crippen LogP contribution in [0.3, 0.4) is 0 Å². The van der Waals surface area contributed by atoms with E-state index in [9.17, 15) is 4.79 Å². The highest BCUT2D eigenvalue weighted by Gasteiger charge is 2.05. The van der Waals surface area contributed by atoms with Crippen molar-refractivity contribution in [3.63, 3.8) is 0 Å². The fraction of sp³-hybridized carbons (Fsp3) is 0.0909. The minimum atomic E-state index is -0.0778. The zero-order valence-corrected chi connectivity index (χ0v) is 10.9. The molecule has 0 bridgehead atoms. The van der Waals surface area contributed by atoms with E-state index in [1.807, 2.05) is 30.3 Å². The first-order valence-corrected chi connectivity index (χ1v) is 6.22. The number of carbonyl (C=O) groups is 1. The summed E-state index contributed by atoms with van der Waals surface area (Å²) in [4.78, 5) is 10.9. The third kappa shape index (κ3) is 2.68. The molecule has 0 atom stereocenters. The smallest absolute Gasteiger partial charge is 0.221 e. The van der Waals surface area contributed by atoms with Crippen LogP contribution in [0.1, 0.15) is 6.92 Å². The zero-order chi connectivity index (χ0) is 11.5. The van der Waals surface area contributed by atoms with Crippen molar-refractivity contribution in [1.82, 2.24) is 4.37 Å². The van der Waals surface area contributed by atoms with Gasteiger partial charge in [0, 0.05) is 23.0 Å². The van der Waals surface area contributed by atoms with Crippen LogP contribution < -0.4 is 5.32 Å². The van der Waals surface area contributed by atoms with Gasteiger partial charge in [0.2, 0.25) is 5.91 Å². The van der Waals surface area contributed by atoms with Crippen molar-refractivity contribution < 1.29 is 4.79 Å². The Kier molecular flexibility index (Phi) is 3.36. The second kappa shape index (κ2) is 4.76. The van der Waals surface area contributed by atoms with Gasteiger partial charge in [0.25, 0.3) is 0 Å². The summed E-state index contributed by atoms with van der Waals surface area (Å²) in [6.45, 7) is 1.49. The molecule has 3 nitrogen and oxygen atoms in total. The van der Waals surface area contributed by atoms with E-state index >= 15 is 0 Å². The summed E-state index contributed by atoms with van der Waals surface area (Å²) >= 11 is 4.66. The number of anilines is 1. The first kappa shape index (κ1) is 11.3. The summed E-state index contributed by atoms with van der Waals surface area (Å²) in [5.74, 6) is -0.0778. The molecule has 0 aliphatic rings. The molecular formula is C11H9BrN2OS. The van der Waals surface area contributed by atoms with E-state index in [1.54, 1.807) is 0 Å². The number of nitrogens with one attached hydrogen (secondary N) is 1. The number of carbonyl (C=O) groups excluding carboxylic acids is 1. The second-order valence-electron chi connectivity index (χ2n) is 3.26. The Morgan fingerprint density at radius 1 is 1.38 bits per heavy atom. The van der Waals surface area contributed by atoms with Gasteiger partial charge < -0.3 is 5.32 Å². The van der Waals surface area contributed by atoms with Crippen LogP contribution in [0.5, 0.6) is 0 Å². The monoisotopic (exact) mass is 296 g/mol. The molecule has 0 aliphatic heterocycles. The molecule has 1 aromatic heterocycles. The lowest BCUT2D eigenvalue weighted by Gasteiger charge is -1.96. The van der Waals surface area contributed by atoms with Gasteiger partial charge in [-0.3, -0.25) is 4.79 Å². The van der Waals surface area contributed by atoms with Crippen molar-refractivity contribution in [2.75, 3.05) is 5.32 Å². The number of nitrogens with zero attached hydrogens (tertiary/aromatic N) is 1. The molecule has 0 saturated heterocycles. The summed E-state index contributed by atoms with van der Waals surface area (Å²) in [7, 11) is 0. The average molecular weight is 297 g/mol. The highest BCUT2D eigenvalue weighted by molar-refractivity contribution is 9.10. The van der Waals surface area contributed by atoms with Crippen LogP contribution >= 0.6 is 27.5 Å². The molecule has 0 aliphatic carbocycles. The van der Waals surface area contributed by atoms with Gasteiger partial charge >= 0.3 is 0 Å². The summed E-state index contributed by atoms with van der Waals surface area (Å²) in [5.41, 5.74) is 1.91. The Morgan fingerprint density at radius 3 is 2.69 bits per heavy atom. The second-order valence-corrected chi connectivity index (χ2v) is 4.99. The normalized spacial score (nSPS) is 10.1. The largest absolute Gasteiger partial charge is 0.317 e. The number of hydrogen-bond donors (Lipinski definition) is 1. The highest BCUT2D eigenvalue weighted by Crippen LogP contribution is 2.26. The van der Waals surface area contributed by atoms with Gasteiger partial charge in [0.05, 0.1) is 5.69 Å². The zero-order valence-electron chi connectivity index (χ0n) is 8.53. The number of aromatic nitrogens is 1. The standard InChI is InChI=1S/C11H9BrN2OS/c1-7(15)13-11-6-10(14-16-11)8-2-4-9(12)5-3-8/h2-6H,1H3,(H,13,15). The Bertz CT molecular complexity index is 507. The predicted octanol–water partition coefficient (Wildman–Crippen LogP) is 3.53. The number of halogens is 1. The molecule has 0 radical (unpaired) electrons. The van der Waals surface area contributed by atoms with E-state index in [0.717, 1.165) is 20.7 Å². The van der Waals surface area contributed by atoms with Crippen LogP contribution in [0.2, 0.25) is 0 Å². The maximum Gasteiger partial charge on any atom is 0.221 e. The molecule has 0 saturated carbocycles. The van der Waals surface area contributed by atoms with Gasteiger partial charge in [0.15, 0.2) is 0 Å². The van der Waals surface area contributed by atoms with Crippen molar-refractivity contribution in [3.05, 3.63) is 34.8 Å². The maximum atomic E-state index is 10.9. The molecule has 16 heavy (non-hydrogen) atoms. The van der Waals surface area contributed by atoms with E-state index in [2.05, 4.69) is 25.6 Å². The summed E-state index contributed by atoms with van der Waals surface area (Å²) in [6.07, 6.45) is 0. The van der Waals surface area contributed by atoms with Crippen LogP contribution in [0, 0.1) is 0 Å². The van der Waals surface area contributed by atoms with Crippen LogP contribution in [0.4, 0.5) is 5.00 Å². The lowest BCUT2D eigenvalue weighted by atomic mass is 10.2. The van der Waals surface area contributed by atoms with Crippen LogP contribution in [-0.2, 0) is 4.79 Å². The molecule has 0 fully saturated rings. The van der Waals surface area contributed by atoms with Crippen LogP contribution in [0.25, 0.3) is 11.3 Å². The molecule has 0 spiro atoms. The summed E-state index contributed by atoms with van der Waals surface area (Å²) in [5, 5.41) is 3.48. The Balaban J connectivity index is 2.24. The average Bonchev–Trinajstić information content (AvgIpc) is 2.66. The van der Waals surface area contributed by atoms with Crippen molar-refractivity contribution in [1.29, 1.82) is 0 Å². The Hall–Kier alpha value is -1.20. The van der Waals surface area contributed by atoms with E-state index in [-0.39, 0.29) is 5.91 Å². The molecular weight excluding hydrogens is 288 g/mol. The van der Waals surface area contributed by atoms with Crippen molar-refractivity contribution in [2.45, 2.75) is 6.92 Å². The van der Waals surface area contributed by atoms with Crippen LogP contribution in [-0.4, -0.2) is 10.3 Å². The molecule has 1 N–H and O–H groups in total. The maximum absolute atomic E-state index is 10.9. The molecule has 2 aromatic rings. The molecule has 1 amide bonds. The molecule has 5 heteroatoms. The first-order chi connectivity index (χ1) is 7.65. The SMILES string of the molecule is CC(=O)Nc1cc(-c2ccc(Br)cc2)ns1. The molecule has 1 aromatic carbocycles. The van der Waals surface area contributed by atoms with E-state index in [0.29, 0.717) is 0 Å². The molecule has 2 rings (SSSR count). The lowest BCUT2D eigenvalue weighted by Crippen LogP contribution is -2.03. The van der Waals surface area contributed by atoms with E-state index < -0.39 is 0 Å².